The summed E-state index contributed by atoms with van der Waals surface area (Å²) in [5.41, 5.74) is 19.5. The lowest BCUT2D eigenvalue weighted by molar-refractivity contribution is -0.142. The van der Waals surface area contributed by atoms with Gasteiger partial charge in [0.25, 0.3) is 0 Å². The Hall–Kier alpha value is -8.85. The third-order valence-corrected chi connectivity index (χ3v) is 17.1. The number of nitrogens with two attached hydrogens (primary N) is 3. The predicted molar refractivity (Wildman–Crippen MR) is 351 cm³/mol. The highest BCUT2D eigenvalue weighted by atomic mass is 16.3. The van der Waals surface area contributed by atoms with Crippen LogP contribution >= 0.6 is 0 Å². The summed E-state index contributed by atoms with van der Waals surface area (Å²) in [7, 11) is 0. The zero-order valence-electron chi connectivity index (χ0n) is 54.4. The Morgan fingerprint density at radius 2 is 1.35 bits per heavy atom. The predicted octanol–water partition coefficient (Wildman–Crippen LogP) is 1.90. The van der Waals surface area contributed by atoms with Crippen molar-refractivity contribution in [1.82, 2.24) is 51.8 Å². The molecule has 7 amide bonds. The van der Waals surface area contributed by atoms with Crippen molar-refractivity contribution >= 4 is 81.3 Å². The Morgan fingerprint density at radius 3 is 2.00 bits per heavy atom. The molecule has 4 aromatic rings. The maximum atomic E-state index is 14.9. The van der Waals surface area contributed by atoms with Crippen molar-refractivity contribution < 1.29 is 63.0 Å². The molecule has 0 spiro atoms. The lowest BCUT2D eigenvalue weighted by Crippen LogP contribution is -2.55. The van der Waals surface area contributed by atoms with E-state index in [-0.39, 0.29) is 125 Å². The number of rotatable bonds is 41. The molecule has 0 radical (unpaired) electrons. The van der Waals surface area contributed by atoms with E-state index in [1.165, 1.54) is 29.6 Å². The van der Waals surface area contributed by atoms with Crippen molar-refractivity contribution in [3.8, 4) is 5.75 Å². The Labute approximate surface area is 547 Å². The second-order valence-electron chi connectivity index (χ2n) is 25.7. The van der Waals surface area contributed by atoms with Crippen LogP contribution in [0.2, 0.25) is 0 Å². The number of phenolic OH excluding ortho intramolecular Hbond substituents is 1. The number of fused-ring (bicyclic) bond motifs is 1. The molecule has 6 rings (SSSR count). The number of amides is 7. The summed E-state index contributed by atoms with van der Waals surface area (Å²) in [6.07, 6.45) is 6.67. The van der Waals surface area contributed by atoms with Crippen molar-refractivity contribution in [2.24, 2.45) is 51.8 Å². The number of nitrogens with zero attached hydrogens (tertiary/aromatic N) is 3. The lowest BCUT2D eigenvalue weighted by atomic mass is 9.87. The fourth-order valence-corrected chi connectivity index (χ4v) is 12.1. The number of aliphatic imine (C=N–C) groups is 1. The van der Waals surface area contributed by atoms with E-state index in [1.807, 2.05) is 52.0 Å². The molecule has 2 fully saturated rings. The topological polar surface area (TPSA) is 439 Å². The SMILES string of the molecule is CC(C)CC(=O)CNC(=O)[C@@H]1CCCN1C(=O)[C@H](CCCN=C(N)N)NC(=O)[C@@H](CC(=O)[C@@H](CCCCCN)NC(=O)[C@@H](CC(=O)[C@H](CO)NC(=O)[C@@H](CC(=O)[C@H](Cc1cnc[nH]1)NC(=O)[C@@H]1CCC(=O)N1)Cc1c[nH]c2ccccc12)Cc1ccc(O)cc1)CC(C)C. The Morgan fingerprint density at radius 1 is 0.702 bits per heavy atom. The number of likely N-dealkylation sites (tertiary alicyclic amines) is 1. The highest BCUT2D eigenvalue weighted by Crippen LogP contribution is 2.27. The largest absolute Gasteiger partial charge is 0.508 e. The minimum absolute atomic E-state index is 0.0359. The molecule has 0 aliphatic carbocycles. The zero-order valence-corrected chi connectivity index (χ0v) is 54.4. The molecule has 0 bridgehead atoms. The van der Waals surface area contributed by atoms with Crippen LogP contribution in [0.4, 0.5) is 0 Å². The quantitative estimate of drug-likeness (QED) is 0.0171. The molecule has 2 aliphatic heterocycles. The first-order chi connectivity index (χ1) is 44.9. The third kappa shape index (κ3) is 23.3. The second-order valence-corrected chi connectivity index (χ2v) is 25.7. The van der Waals surface area contributed by atoms with Crippen LogP contribution in [0.1, 0.15) is 141 Å². The monoisotopic (exact) mass is 1300 g/mol. The summed E-state index contributed by atoms with van der Waals surface area (Å²) in [6.45, 7) is 7.10. The number of aromatic amines is 2. The average molecular weight is 1310 g/mol. The summed E-state index contributed by atoms with van der Waals surface area (Å²) in [5, 5.41) is 38.4. The molecule has 27 nitrogen and oxygen atoms in total. The number of ketones is 4. The number of Topliss-reactive ketones (excluding diaryl/α,β-unsaturated/α-hetero) is 4. The van der Waals surface area contributed by atoms with Gasteiger partial charge in [0.05, 0.1) is 31.6 Å². The van der Waals surface area contributed by atoms with Gasteiger partial charge in [0.2, 0.25) is 41.4 Å². The lowest BCUT2D eigenvalue weighted by Gasteiger charge is -2.30. The number of aliphatic hydroxyl groups is 1. The van der Waals surface area contributed by atoms with Crippen molar-refractivity contribution in [2.45, 2.75) is 180 Å². The summed E-state index contributed by atoms with van der Waals surface area (Å²) < 4.78 is 0. The van der Waals surface area contributed by atoms with Gasteiger partial charge in [-0.3, -0.25) is 57.7 Å². The molecule has 2 saturated heterocycles. The van der Waals surface area contributed by atoms with Gasteiger partial charge in [-0.15, -0.1) is 0 Å². The molecule has 9 atom stereocenters. The zero-order chi connectivity index (χ0) is 68.4. The van der Waals surface area contributed by atoms with Crippen LogP contribution in [0.3, 0.4) is 0 Å². The van der Waals surface area contributed by atoms with Gasteiger partial charge in [0.15, 0.2) is 29.1 Å². The highest BCUT2D eigenvalue weighted by molar-refractivity contribution is 5.99. The van der Waals surface area contributed by atoms with Crippen LogP contribution < -0.4 is 49.1 Å². The maximum Gasteiger partial charge on any atom is 0.245 e. The first-order valence-electron chi connectivity index (χ1n) is 32.8. The molecule has 2 aromatic heterocycles. The fourth-order valence-electron chi connectivity index (χ4n) is 12.1. The number of carbonyl (C=O) groups is 11. The van der Waals surface area contributed by atoms with E-state index in [0.717, 1.165) is 10.9 Å². The van der Waals surface area contributed by atoms with E-state index in [9.17, 15) is 63.0 Å². The summed E-state index contributed by atoms with van der Waals surface area (Å²) in [5.74, 6) is -9.81. The first-order valence-corrected chi connectivity index (χ1v) is 32.8. The number of unbranched alkanes of at least 4 members (excludes halogenated alkanes) is 2. The molecule has 27 heteroatoms. The number of guanidine groups is 1. The minimum atomic E-state index is -1.61. The summed E-state index contributed by atoms with van der Waals surface area (Å²) in [4.78, 5) is 170. The van der Waals surface area contributed by atoms with Crippen LogP contribution in [0.5, 0.6) is 5.75 Å². The Kier molecular flexibility index (Phi) is 29.3. The number of hydrogen-bond donors (Lipinski definition) is 13. The minimum Gasteiger partial charge on any atom is -0.508 e. The molecule has 0 saturated carbocycles. The first kappa shape index (κ1) is 74.2. The van der Waals surface area contributed by atoms with Crippen LogP contribution in [0.15, 0.2) is 72.2 Å². The van der Waals surface area contributed by atoms with Gasteiger partial charge in [-0.05, 0) is 112 Å². The van der Waals surface area contributed by atoms with Crippen LogP contribution in [0, 0.1) is 29.6 Å². The number of para-hydroxylation sites is 1. The van der Waals surface area contributed by atoms with Crippen LogP contribution in [-0.4, -0.2) is 170 Å². The van der Waals surface area contributed by atoms with E-state index in [4.69, 9.17) is 17.2 Å². The standard InChI is InChI=1S/C67H96N14O13/c1-39(2)26-42(61(89)78-53(15-10-24-72-67(69)70)66(94)81-25-11-16-56(81)65(93)74-36-48(84)27-40(3)4)30-57(85)51(14-6-5-9-23-68)77-62(90)43(28-41-17-19-47(83)20-18-41)31-59(87)55(37-82)80-63(91)44(29-45-34-73-50-13-8-7-12-49(45)50)32-58(86)54(33-46-35-71-38-75-46)79-64(92)52-21-22-60(88)76-52/h7-8,12-13,17-20,34-35,38-40,42-44,51-56,73,82-83H,5-6,9-11,14-16,21-33,36-37,68H2,1-4H3,(H,71,75)(H,74,93)(H,76,88)(H,77,90)(H,78,89)(H,79,92)(H,80,91)(H4,69,70,72)/t42-,43-,44-,51-,52+,53+,54+,55+,56+/m1/s1. The van der Waals surface area contributed by atoms with E-state index >= 15 is 0 Å². The number of benzene rings is 2. The van der Waals surface area contributed by atoms with Crippen molar-refractivity contribution in [1.29, 1.82) is 0 Å². The number of aromatic nitrogens is 3. The molecule has 4 heterocycles. The van der Waals surface area contributed by atoms with Gasteiger partial charge >= 0.3 is 0 Å². The Bertz CT molecular complexity index is 3250. The van der Waals surface area contributed by atoms with Gasteiger partial charge in [-0.25, -0.2) is 4.98 Å². The molecule has 512 valence electrons. The molecule has 2 aromatic carbocycles. The van der Waals surface area contributed by atoms with Crippen molar-refractivity contribution in [3.05, 3.63) is 84.1 Å². The van der Waals surface area contributed by atoms with Crippen molar-refractivity contribution in [3.63, 3.8) is 0 Å². The number of H-pyrrole nitrogens is 2. The maximum absolute atomic E-state index is 14.9. The number of carbonyl (C=O) groups excluding carboxylic acids is 11. The van der Waals surface area contributed by atoms with Gasteiger partial charge in [0, 0.05) is 98.4 Å². The number of hydrogen-bond acceptors (Lipinski definition) is 16. The normalized spacial score (nSPS) is 16.9. The number of aromatic hydroxyl groups is 1. The number of phenols is 1. The summed E-state index contributed by atoms with van der Waals surface area (Å²) in [6, 6.07) is 6.29. The third-order valence-electron chi connectivity index (χ3n) is 17.1. The number of imidazole rings is 1. The average Bonchev–Trinajstić information content (AvgIpc) is 1.61. The number of aliphatic hydroxyl groups excluding tert-OH is 1. The number of nitrogens with one attached hydrogen (secondary N) is 8. The van der Waals surface area contributed by atoms with Gasteiger partial charge in [-0.2, -0.15) is 0 Å². The van der Waals surface area contributed by atoms with Gasteiger partial charge in [-0.1, -0.05) is 70.9 Å². The highest BCUT2D eigenvalue weighted by Gasteiger charge is 2.40. The molecule has 0 unspecified atom stereocenters. The molecule has 16 N–H and O–H groups in total. The smallest absolute Gasteiger partial charge is 0.245 e. The molecule has 2 aliphatic rings. The van der Waals surface area contributed by atoms with Gasteiger partial charge in [0.1, 0.15) is 29.9 Å². The molecule has 94 heavy (non-hydrogen) atoms. The summed E-state index contributed by atoms with van der Waals surface area (Å²) >= 11 is 0. The fraction of sp³-hybridized carbons (Fsp3) is 0.567. The van der Waals surface area contributed by atoms with Gasteiger partial charge < -0.3 is 74.2 Å². The molecular weight excluding hydrogens is 1210 g/mol. The second kappa shape index (κ2) is 37.1. The van der Waals surface area contributed by atoms with Crippen LogP contribution in [-0.2, 0) is 72.0 Å². The van der Waals surface area contributed by atoms with Crippen molar-refractivity contribution in [2.75, 3.05) is 32.8 Å². The Balaban J connectivity index is 1.23. The van der Waals surface area contributed by atoms with E-state index in [2.05, 4.69) is 51.8 Å². The van der Waals surface area contributed by atoms with Crippen LogP contribution in [0.25, 0.3) is 10.9 Å². The molecular formula is C67H96N14O13. The van der Waals surface area contributed by atoms with E-state index in [0.29, 0.717) is 55.5 Å². The van der Waals surface area contributed by atoms with E-state index in [1.54, 1.807) is 18.3 Å². The van der Waals surface area contributed by atoms with E-state index < -0.39 is 126 Å².